The number of nitrogens with zero attached hydrogens (tertiary/aromatic N) is 1. The van der Waals surface area contributed by atoms with Gasteiger partial charge in [0.15, 0.2) is 0 Å². The average Bonchev–Trinajstić information content (AvgIpc) is 2.41. The quantitative estimate of drug-likeness (QED) is 0.780. The summed E-state index contributed by atoms with van der Waals surface area (Å²) in [5.41, 5.74) is 1.09. The Morgan fingerprint density at radius 2 is 2.00 bits per heavy atom. The van der Waals surface area contributed by atoms with Gasteiger partial charge in [0.2, 0.25) is 5.79 Å². The van der Waals surface area contributed by atoms with Crippen LogP contribution < -0.4 is 0 Å². The van der Waals surface area contributed by atoms with Crippen LogP contribution in [0.1, 0.15) is 31.9 Å². The molecule has 0 bridgehead atoms. The van der Waals surface area contributed by atoms with Crippen molar-refractivity contribution >= 4 is 6.09 Å². The zero-order valence-corrected chi connectivity index (χ0v) is 14.1. The molecular weight excluding hydrogens is 301 g/mol. The molecule has 0 saturated carbocycles. The Kier molecular flexibility index (Phi) is 5.26. The fourth-order valence-corrected chi connectivity index (χ4v) is 2.28. The summed E-state index contributed by atoms with van der Waals surface area (Å²) in [6.07, 6.45) is -0.680. The van der Waals surface area contributed by atoms with Gasteiger partial charge in [0.1, 0.15) is 18.8 Å². The zero-order valence-electron chi connectivity index (χ0n) is 14.1. The number of hydrogen-bond acceptors (Lipinski definition) is 4. The minimum atomic E-state index is -1.82. The lowest BCUT2D eigenvalue weighted by atomic mass is 10.1. The van der Waals surface area contributed by atoms with E-state index in [2.05, 4.69) is 0 Å². The number of rotatable bonds is 5. The molecule has 1 amide bonds. The Morgan fingerprint density at radius 1 is 1.35 bits per heavy atom. The van der Waals surface area contributed by atoms with Crippen LogP contribution in [0.15, 0.2) is 24.3 Å². The van der Waals surface area contributed by atoms with Crippen molar-refractivity contribution in [3.63, 3.8) is 0 Å². The van der Waals surface area contributed by atoms with Crippen molar-refractivity contribution in [1.82, 2.24) is 4.90 Å². The molecule has 23 heavy (non-hydrogen) atoms. The third kappa shape index (κ3) is 4.65. The van der Waals surface area contributed by atoms with Crippen LogP contribution in [0.2, 0.25) is 0 Å². The number of hydrogen-bond donors (Lipinski definition) is 0. The number of carbonyl (C=O) groups excluding carboxylic acids is 1. The van der Waals surface area contributed by atoms with Crippen LogP contribution in [-0.2, 0) is 27.4 Å². The highest BCUT2D eigenvalue weighted by atomic mass is 19.1. The average molecular weight is 325 g/mol. The summed E-state index contributed by atoms with van der Waals surface area (Å²) in [4.78, 5) is 13.5. The van der Waals surface area contributed by atoms with E-state index in [1.54, 1.807) is 27.9 Å². The lowest BCUT2D eigenvalue weighted by Crippen LogP contribution is -2.61. The van der Waals surface area contributed by atoms with Crippen LogP contribution in [0.5, 0.6) is 0 Å². The Hall–Kier alpha value is -1.66. The van der Waals surface area contributed by atoms with Gasteiger partial charge < -0.3 is 14.2 Å². The molecule has 1 fully saturated rings. The van der Waals surface area contributed by atoms with Crippen molar-refractivity contribution in [3.8, 4) is 0 Å². The van der Waals surface area contributed by atoms with Crippen LogP contribution in [0.3, 0.4) is 0 Å². The van der Waals surface area contributed by atoms with Crippen molar-refractivity contribution in [2.75, 3.05) is 20.3 Å². The summed E-state index contributed by atoms with van der Waals surface area (Å²) in [6.45, 7) is 5.57. The normalized spacial score (nSPS) is 16.6. The fourth-order valence-electron chi connectivity index (χ4n) is 2.28. The molecule has 0 aromatic heterocycles. The molecule has 1 aliphatic rings. The van der Waals surface area contributed by atoms with E-state index < -0.39 is 17.5 Å². The Morgan fingerprint density at radius 3 is 2.52 bits per heavy atom. The molecule has 0 radical (unpaired) electrons. The predicted octanol–water partition coefficient (Wildman–Crippen LogP) is 3.27. The fraction of sp³-hybridized carbons (Fsp3) is 0.588. The standard InChI is InChI=1S/C17H24FNO4/c1-16(2,3)23-15(20)19(17(18)11-22-12-17)9-13-6-5-7-14(8-13)10-21-4/h5-8H,9-12H2,1-4H3. The number of benzene rings is 1. The number of methoxy groups -OCH3 is 1. The predicted molar refractivity (Wildman–Crippen MR) is 83.6 cm³/mol. The van der Waals surface area contributed by atoms with Crippen molar-refractivity contribution in [1.29, 1.82) is 0 Å². The van der Waals surface area contributed by atoms with Crippen LogP contribution >= 0.6 is 0 Å². The molecule has 0 spiro atoms. The monoisotopic (exact) mass is 325 g/mol. The van der Waals surface area contributed by atoms with Crippen LogP contribution in [-0.4, -0.2) is 42.7 Å². The molecule has 1 aromatic rings. The van der Waals surface area contributed by atoms with Gasteiger partial charge in [-0.1, -0.05) is 24.3 Å². The largest absolute Gasteiger partial charge is 0.444 e. The topological polar surface area (TPSA) is 48.0 Å². The second kappa shape index (κ2) is 6.84. The Bertz CT molecular complexity index is 552. The van der Waals surface area contributed by atoms with Crippen molar-refractivity contribution in [2.24, 2.45) is 0 Å². The number of halogens is 1. The van der Waals surface area contributed by atoms with Gasteiger partial charge in [-0.05, 0) is 31.9 Å². The van der Waals surface area contributed by atoms with Crippen LogP contribution in [0, 0.1) is 0 Å². The van der Waals surface area contributed by atoms with Crippen molar-refractivity contribution in [2.45, 2.75) is 45.3 Å². The molecule has 1 heterocycles. The highest BCUT2D eigenvalue weighted by Crippen LogP contribution is 2.30. The number of amides is 1. The number of ether oxygens (including phenoxy) is 3. The van der Waals surface area contributed by atoms with E-state index in [9.17, 15) is 9.18 Å². The van der Waals surface area contributed by atoms with E-state index in [1.807, 2.05) is 24.3 Å². The maximum absolute atomic E-state index is 14.8. The van der Waals surface area contributed by atoms with Gasteiger partial charge in [-0.3, -0.25) is 4.90 Å². The molecule has 6 heteroatoms. The second-order valence-corrected chi connectivity index (χ2v) is 6.73. The maximum Gasteiger partial charge on any atom is 0.413 e. The molecule has 5 nitrogen and oxygen atoms in total. The summed E-state index contributed by atoms with van der Waals surface area (Å²) in [5.74, 6) is -1.82. The second-order valence-electron chi connectivity index (χ2n) is 6.73. The number of alkyl halides is 1. The van der Waals surface area contributed by atoms with Gasteiger partial charge in [0, 0.05) is 7.11 Å². The van der Waals surface area contributed by atoms with Crippen molar-refractivity contribution < 1.29 is 23.4 Å². The summed E-state index contributed by atoms with van der Waals surface area (Å²) < 4.78 is 30.2. The molecular formula is C17H24FNO4. The van der Waals surface area contributed by atoms with E-state index in [1.165, 1.54) is 0 Å². The highest BCUT2D eigenvalue weighted by Gasteiger charge is 2.48. The first kappa shape index (κ1) is 17.7. The Balaban J connectivity index is 2.18. The molecule has 1 aliphatic heterocycles. The minimum Gasteiger partial charge on any atom is -0.444 e. The van der Waals surface area contributed by atoms with Gasteiger partial charge in [-0.2, -0.15) is 0 Å². The maximum atomic E-state index is 14.8. The zero-order chi connectivity index (χ0) is 17.1. The van der Waals surface area contributed by atoms with E-state index in [4.69, 9.17) is 14.2 Å². The summed E-state index contributed by atoms with van der Waals surface area (Å²) in [5, 5.41) is 0. The SMILES string of the molecule is COCc1cccc(CN(C(=O)OC(C)(C)C)C2(F)COC2)c1. The third-order valence-electron chi connectivity index (χ3n) is 3.39. The highest BCUT2D eigenvalue weighted by molar-refractivity contribution is 5.69. The molecule has 2 rings (SSSR count). The van der Waals surface area contributed by atoms with E-state index in [-0.39, 0.29) is 19.8 Å². The first-order valence-corrected chi connectivity index (χ1v) is 7.57. The molecule has 1 saturated heterocycles. The smallest absolute Gasteiger partial charge is 0.413 e. The molecule has 0 unspecified atom stereocenters. The van der Waals surface area contributed by atoms with E-state index in [0.717, 1.165) is 16.0 Å². The lowest BCUT2D eigenvalue weighted by Gasteiger charge is -2.43. The molecule has 128 valence electrons. The van der Waals surface area contributed by atoms with Gasteiger partial charge >= 0.3 is 6.09 Å². The first-order valence-electron chi connectivity index (χ1n) is 7.57. The molecule has 0 aliphatic carbocycles. The Labute approximate surface area is 136 Å². The van der Waals surface area contributed by atoms with Gasteiger partial charge in [0.25, 0.3) is 0 Å². The first-order chi connectivity index (χ1) is 10.7. The molecule has 0 N–H and O–H groups in total. The van der Waals surface area contributed by atoms with Gasteiger partial charge in [-0.15, -0.1) is 0 Å². The number of carbonyl (C=O) groups is 1. The summed E-state index contributed by atoms with van der Waals surface area (Å²) in [6, 6.07) is 7.52. The van der Waals surface area contributed by atoms with Gasteiger partial charge in [-0.25, -0.2) is 9.18 Å². The van der Waals surface area contributed by atoms with E-state index >= 15 is 0 Å². The third-order valence-corrected chi connectivity index (χ3v) is 3.39. The summed E-state index contributed by atoms with van der Waals surface area (Å²) >= 11 is 0. The molecule has 0 atom stereocenters. The summed E-state index contributed by atoms with van der Waals surface area (Å²) in [7, 11) is 1.61. The van der Waals surface area contributed by atoms with Crippen LogP contribution in [0.4, 0.5) is 9.18 Å². The lowest BCUT2D eigenvalue weighted by molar-refractivity contribution is -0.207. The van der Waals surface area contributed by atoms with Gasteiger partial charge in [0.05, 0.1) is 13.2 Å². The van der Waals surface area contributed by atoms with E-state index in [0.29, 0.717) is 6.61 Å². The minimum absolute atomic E-state index is 0.117. The molecule has 1 aromatic carbocycles. The van der Waals surface area contributed by atoms with Crippen LogP contribution in [0.25, 0.3) is 0 Å². The van der Waals surface area contributed by atoms with Crippen molar-refractivity contribution in [3.05, 3.63) is 35.4 Å².